The van der Waals surface area contributed by atoms with Crippen molar-refractivity contribution in [3.63, 3.8) is 0 Å². The largest absolute Gasteiger partial charge is 0.469 e. The molecule has 0 unspecified atom stereocenters. The highest BCUT2D eigenvalue weighted by molar-refractivity contribution is 7.89. The van der Waals surface area contributed by atoms with Gasteiger partial charge in [0.1, 0.15) is 0 Å². The van der Waals surface area contributed by atoms with Gasteiger partial charge in [0.25, 0.3) is 10.2 Å². The van der Waals surface area contributed by atoms with E-state index in [2.05, 4.69) is 14.2 Å². The van der Waals surface area contributed by atoms with Crippen molar-refractivity contribution in [3.05, 3.63) is 0 Å². The van der Waals surface area contributed by atoms with E-state index < -0.39 is 26.2 Å². The normalized spacial score (nSPS) is 12.6. The van der Waals surface area contributed by atoms with Gasteiger partial charge in [0, 0.05) is 26.7 Å². The third kappa shape index (κ3) is 7.75. The van der Waals surface area contributed by atoms with E-state index in [9.17, 15) is 21.6 Å². The first-order valence-corrected chi connectivity index (χ1v) is 8.99. The number of rotatable bonds is 10. The second-order valence-electron chi connectivity index (χ2n) is 3.86. The lowest BCUT2D eigenvalue weighted by Crippen LogP contribution is -2.42. The molecule has 0 saturated carbocycles. The molecule has 0 saturated heterocycles. The van der Waals surface area contributed by atoms with Gasteiger partial charge in [-0.3, -0.25) is 4.79 Å². The summed E-state index contributed by atoms with van der Waals surface area (Å²) in [5, 5.41) is 0. The summed E-state index contributed by atoms with van der Waals surface area (Å²) >= 11 is 0. The maximum absolute atomic E-state index is 11.7. The molecule has 0 aromatic carbocycles. The van der Waals surface area contributed by atoms with Gasteiger partial charge in [0.05, 0.1) is 19.3 Å². The third-order valence-corrected chi connectivity index (χ3v) is 5.33. The lowest BCUT2D eigenvalue weighted by atomic mass is 10.4. The molecular weight excluding hydrogens is 310 g/mol. The summed E-state index contributed by atoms with van der Waals surface area (Å²) < 4.78 is 55.8. The minimum absolute atomic E-state index is 0.0536. The molecule has 0 spiro atoms. The quantitative estimate of drug-likeness (QED) is 0.458. The van der Waals surface area contributed by atoms with Gasteiger partial charge in [-0.05, 0) is 0 Å². The summed E-state index contributed by atoms with van der Waals surface area (Å²) in [6, 6.07) is 0. The minimum atomic E-state index is -3.82. The molecule has 0 aliphatic rings. The fourth-order valence-electron chi connectivity index (χ4n) is 1.18. The topological polar surface area (TPSA) is 122 Å². The maximum atomic E-state index is 11.7. The van der Waals surface area contributed by atoms with E-state index in [-0.39, 0.29) is 31.8 Å². The van der Waals surface area contributed by atoms with Gasteiger partial charge in [0.15, 0.2) is 0 Å². The van der Waals surface area contributed by atoms with E-state index in [1.807, 2.05) is 0 Å². The van der Waals surface area contributed by atoms with E-state index in [0.29, 0.717) is 0 Å². The number of sulfonamides is 1. The zero-order chi connectivity index (χ0) is 15.8. The highest BCUT2D eigenvalue weighted by atomic mass is 32.2. The van der Waals surface area contributed by atoms with E-state index in [1.54, 1.807) is 6.92 Å². The van der Waals surface area contributed by atoms with Crippen LogP contribution in [0.2, 0.25) is 0 Å². The van der Waals surface area contributed by atoms with Crippen LogP contribution in [0.15, 0.2) is 0 Å². The molecular formula is C9H21N3O6S2. The first-order valence-electron chi connectivity index (χ1n) is 5.89. The Bertz CT molecular complexity index is 502. The molecule has 0 heterocycles. The van der Waals surface area contributed by atoms with Crippen LogP contribution in [0.25, 0.3) is 0 Å². The lowest BCUT2D eigenvalue weighted by Gasteiger charge is -2.17. The Labute approximate surface area is 119 Å². The summed E-state index contributed by atoms with van der Waals surface area (Å²) in [5.74, 6) is -0.882. The van der Waals surface area contributed by atoms with Gasteiger partial charge in [0.2, 0.25) is 10.0 Å². The van der Waals surface area contributed by atoms with Crippen molar-refractivity contribution in [2.24, 2.45) is 0 Å². The van der Waals surface area contributed by atoms with Crippen molar-refractivity contribution in [2.75, 3.05) is 39.5 Å². The van der Waals surface area contributed by atoms with E-state index in [0.717, 1.165) is 4.31 Å². The van der Waals surface area contributed by atoms with Crippen molar-refractivity contribution in [3.8, 4) is 0 Å². The molecule has 0 bridgehead atoms. The van der Waals surface area contributed by atoms with E-state index in [1.165, 1.54) is 14.2 Å². The smallest absolute Gasteiger partial charge is 0.306 e. The third-order valence-electron chi connectivity index (χ3n) is 2.29. The zero-order valence-corrected chi connectivity index (χ0v) is 13.4. The average molecular weight is 331 g/mol. The number of esters is 1. The fraction of sp³-hybridized carbons (Fsp3) is 0.889. The Morgan fingerprint density at radius 1 is 1.20 bits per heavy atom. The monoisotopic (exact) mass is 331 g/mol. The Balaban J connectivity index is 4.28. The second kappa shape index (κ2) is 8.52. The van der Waals surface area contributed by atoms with Gasteiger partial charge in [-0.2, -0.15) is 12.7 Å². The fourth-order valence-corrected chi connectivity index (χ4v) is 3.17. The summed E-state index contributed by atoms with van der Waals surface area (Å²) in [7, 11) is -4.81. The van der Waals surface area contributed by atoms with Crippen LogP contribution in [0.3, 0.4) is 0 Å². The van der Waals surface area contributed by atoms with Crippen molar-refractivity contribution in [1.29, 1.82) is 0 Å². The number of hydrogen-bond donors (Lipinski definition) is 2. The molecule has 0 atom stereocenters. The molecule has 2 N–H and O–H groups in total. The molecule has 11 heteroatoms. The lowest BCUT2D eigenvalue weighted by molar-refractivity contribution is -0.140. The van der Waals surface area contributed by atoms with Crippen molar-refractivity contribution < 1.29 is 26.4 Å². The average Bonchev–Trinajstić information content (AvgIpc) is 2.34. The molecule has 0 aliphatic heterocycles. The number of methoxy groups -OCH3 is 1. The van der Waals surface area contributed by atoms with Gasteiger partial charge in [-0.25, -0.2) is 17.9 Å². The van der Waals surface area contributed by atoms with Crippen LogP contribution in [0.5, 0.6) is 0 Å². The van der Waals surface area contributed by atoms with Crippen LogP contribution in [-0.4, -0.2) is 66.7 Å². The van der Waals surface area contributed by atoms with Gasteiger partial charge < -0.3 is 4.74 Å². The Morgan fingerprint density at radius 2 is 1.80 bits per heavy atom. The predicted octanol–water partition coefficient (Wildman–Crippen LogP) is -1.74. The summed E-state index contributed by atoms with van der Waals surface area (Å²) in [6.07, 6.45) is -0.0798. The van der Waals surface area contributed by atoms with Crippen LogP contribution in [0.1, 0.15) is 13.3 Å². The van der Waals surface area contributed by atoms with Crippen molar-refractivity contribution >= 4 is 26.2 Å². The molecule has 9 nitrogen and oxygen atoms in total. The number of carbonyl (C=O) groups excluding carboxylic acids is 1. The highest BCUT2D eigenvalue weighted by Crippen LogP contribution is 1.97. The molecule has 0 fully saturated rings. The van der Waals surface area contributed by atoms with Crippen LogP contribution in [0, 0.1) is 0 Å². The van der Waals surface area contributed by atoms with Crippen LogP contribution >= 0.6 is 0 Å². The van der Waals surface area contributed by atoms with Crippen molar-refractivity contribution in [1.82, 2.24) is 13.7 Å². The van der Waals surface area contributed by atoms with Gasteiger partial charge in [-0.15, -0.1) is 0 Å². The number of carbonyl (C=O) groups is 1. The molecule has 0 rings (SSSR count). The van der Waals surface area contributed by atoms with E-state index >= 15 is 0 Å². The first-order chi connectivity index (χ1) is 9.14. The number of nitrogens with one attached hydrogen (secondary N) is 2. The molecule has 0 radical (unpaired) electrons. The highest BCUT2D eigenvalue weighted by Gasteiger charge is 2.19. The number of ether oxygens (including phenoxy) is 1. The molecule has 0 aromatic rings. The number of hydrogen-bond acceptors (Lipinski definition) is 6. The van der Waals surface area contributed by atoms with Crippen LogP contribution in [-0.2, 0) is 29.8 Å². The standard InChI is InChI=1S/C9H21N3O6S2/c1-4-10-19(14,15)8-6-11-20(16,17)12(2)7-5-9(13)18-3/h10-11H,4-8H2,1-3H3. The molecule has 0 amide bonds. The molecule has 20 heavy (non-hydrogen) atoms. The Hall–Kier alpha value is -0.750. The second-order valence-corrected chi connectivity index (χ2v) is 7.65. The number of nitrogens with zero attached hydrogens (tertiary/aromatic N) is 1. The van der Waals surface area contributed by atoms with Gasteiger partial charge >= 0.3 is 5.97 Å². The van der Waals surface area contributed by atoms with Gasteiger partial charge in [-0.1, -0.05) is 6.92 Å². The van der Waals surface area contributed by atoms with E-state index in [4.69, 9.17) is 0 Å². The van der Waals surface area contributed by atoms with Crippen LogP contribution in [0.4, 0.5) is 0 Å². The van der Waals surface area contributed by atoms with Crippen molar-refractivity contribution in [2.45, 2.75) is 13.3 Å². The summed E-state index contributed by atoms with van der Waals surface area (Å²) in [6.45, 7) is 1.57. The molecule has 0 aliphatic carbocycles. The summed E-state index contributed by atoms with van der Waals surface area (Å²) in [5.41, 5.74) is 0. The molecule has 120 valence electrons. The first kappa shape index (κ1) is 19.2. The predicted molar refractivity (Wildman–Crippen MR) is 73.6 cm³/mol. The Kier molecular flexibility index (Phi) is 8.20. The summed E-state index contributed by atoms with van der Waals surface area (Å²) in [4.78, 5) is 10.9. The Morgan fingerprint density at radius 3 is 2.30 bits per heavy atom. The SMILES string of the molecule is CCNS(=O)(=O)CCNS(=O)(=O)N(C)CCC(=O)OC. The molecule has 0 aromatic heterocycles. The minimum Gasteiger partial charge on any atom is -0.469 e. The zero-order valence-electron chi connectivity index (χ0n) is 11.7. The maximum Gasteiger partial charge on any atom is 0.306 e. The van der Waals surface area contributed by atoms with Crippen LogP contribution < -0.4 is 9.44 Å².